The van der Waals surface area contributed by atoms with Gasteiger partial charge in [-0.05, 0) is 11.6 Å². The SMILES string of the molecule is COc1ccccc1C(c1ccccc1)[C@@H](N)C(=O)O. The molecule has 0 aliphatic heterocycles. The summed E-state index contributed by atoms with van der Waals surface area (Å²) < 4.78 is 5.33. The van der Waals surface area contributed by atoms with E-state index in [1.54, 1.807) is 13.2 Å². The van der Waals surface area contributed by atoms with Crippen LogP contribution in [0, 0.1) is 0 Å². The van der Waals surface area contributed by atoms with Crippen LogP contribution in [-0.2, 0) is 4.79 Å². The Bertz CT molecular complexity index is 583. The number of carboxylic acids is 1. The van der Waals surface area contributed by atoms with E-state index in [0.717, 1.165) is 11.1 Å². The Balaban J connectivity index is 2.55. The molecule has 4 heteroatoms. The second kappa shape index (κ2) is 6.21. The molecule has 0 bridgehead atoms. The number of ether oxygens (including phenoxy) is 1. The first-order valence-electron chi connectivity index (χ1n) is 6.31. The molecule has 0 aliphatic carbocycles. The summed E-state index contributed by atoms with van der Waals surface area (Å²) in [5, 5.41) is 9.27. The van der Waals surface area contributed by atoms with E-state index < -0.39 is 17.9 Å². The lowest BCUT2D eigenvalue weighted by Gasteiger charge is -2.23. The van der Waals surface area contributed by atoms with Crippen molar-refractivity contribution in [3.8, 4) is 5.75 Å². The molecule has 2 aromatic rings. The van der Waals surface area contributed by atoms with Gasteiger partial charge in [0.05, 0.1) is 7.11 Å². The van der Waals surface area contributed by atoms with Crippen LogP contribution in [0.2, 0.25) is 0 Å². The Morgan fingerprint density at radius 3 is 2.30 bits per heavy atom. The van der Waals surface area contributed by atoms with Gasteiger partial charge in [0.2, 0.25) is 0 Å². The third kappa shape index (κ3) is 2.81. The molecule has 0 heterocycles. The van der Waals surface area contributed by atoms with Crippen LogP contribution in [0.3, 0.4) is 0 Å². The van der Waals surface area contributed by atoms with E-state index in [1.165, 1.54) is 0 Å². The average molecular weight is 271 g/mol. The average Bonchev–Trinajstić information content (AvgIpc) is 2.49. The second-order valence-corrected chi connectivity index (χ2v) is 4.49. The molecular formula is C16H17NO3. The van der Waals surface area contributed by atoms with Crippen LogP contribution in [0.4, 0.5) is 0 Å². The van der Waals surface area contributed by atoms with Crippen LogP contribution in [-0.4, -0.2) is 24.2 Å². The minimum absolute atomic E-state index is 0.454. The first-order chi connectivity index (χ1) is 9.65. The highest BCUT2D eigenvalue weighted by Gasteiger charge is 2.29. The van der Waals surface area contributed by atoms with E-state index in [-0.39, 0.29) is 0 Å². The lowest BCUT2D eigenvalue weighted by Crippen LogP contribution is -2.37. The van der Waals surface area contributed by atoms with Gasteiger partial charge >= 0.3 is 5.97 Å². The van der Waals surface area contributed by atoms with Gasteiger partial charge < -0.3 is 15.6 Å². The van der Waals surface area contributed by atoms with Crippen molar-refractivity contribution < 1.29 is 14.6 Å². The van der Waals surface area contributed by atoms with Gasteiger partial charge in [-0.1, -0.05) is 48.5 Å². The monoisotopic (exact) mass is 271 g/mol. The zero-order valence-electron chi connectivity index (χ0n) is 11.2. The quantitative estimate of drug-likeness (QED) is 0.874. The Labute approximate surface area is 117 Å². The summed E-state index contributed by atoms with van der Waals surface area (Å²) in [6, 6.07) is 15.7. The third-order valence-corrected chi connectivity index (χ3v) is 3.28. The number of methoxy groups -OCH3 is 1. The van der Waals surface area contributed by atoms with Crippen LogP contribution in [0.25, 0.3) is 0 Å². The molecule has 0 amide bonds. The predicted molar refractivity (Wildman–Crippen MR) is 76.9 cm³/mol. The fourth-order valence-electron chi connectivity index (χ4n) is 2.31. The molecule has 1 unspecified atom stereocenters. The van der Waals surface area contributed by atoms with Crippen molar-refractivity contribution in [1.29, 1.82) is 0 Å². The molecule has 4 nitrogen and oxygen atoms in total. The fourth-order valence-corrected chi connectivity index (χ4v) is 2.31. The predicted octanol–water partition coefficient (Wildman–Crippen LogP) is 2.24. The maximum Gasteiger partial charge on any atom is 0.321 e. The fraction of sp³-hybridized carbons (Fsp3) is 0.188. The molecule has 0 aromatic heterocycles. The molecule has 0 radical (unpaired) electrons. The zero-order chi connectivity index (χ0) is 14.5. The molecule has 104 valence electrons. The van der Waals surface area contributed by atoms with Crippen molar-refractivity contribution in [2.45, 2.75) is 12.0 Å². The summed E-state index contributed by atoms with van der Waals surface area (Å²) in [5.41, 5.74) is 7.52. The highest BCUT2D eigenvalue weighted by Crippen LogP contribution is 2.33. The minimum Gasteiger partial charge on any atom is -0.496 e. The third-order valence-electron chi connectivity index (χ3n) is 3.28. The lowest BCUT2D eigenvalue weighted by molar-refractivity contribution is -0.138. The number of hydrogen-bond acceptors (Lipinski definition) is 3. The summed E-state index contributed by atoms with van der Waals surface area (Å²) >= 11 is 0. The van der Waals surface area contributed by atoms with Crippen molar-refractivity contribution in [1.82, 2.24) is 0 Å². The van der Waals surface area contributed by atoms with Crippen LogP contribution in [0.1, 0.15) is 17.0 Å². The molecule has 2 rings (SSSR count). The van der Waals surface area contributed by atoms with E-state index in [1.807, 2.05) is 48.5 Å². The van der Waals surface area contributed by atoms with Crippen molar-refractivity contribution in [3.63, 3.8) is 0 Å². The summed E-state index contributed by atoms with van der Waals surface area (Å²) in [5.74, 6) is -0.854. The normalized spacial score (nSPS) is 13.5. The van der Waals surface area contributed by atoms with Crippen LogP contribution < -0.4 is 10.5 Å². The number of nitrogens with two attached hydrogens (primary N) is 1. The zero-order valence-corrected chi connectivity index (χ0v) is 11.2. The van der Waals surface area contributed by atoms with Crippen molar-refractivity contribution in [2.75, 3.05) is 7.11 Å². The molecule has 0 saturated carbocycles. The van der Waals surface area contributed by atoms with Crippen LogP contribution in [0.5, 0.6) is 5.75 Å². The molecule has 0 saturated heterocycles. The molecular weight excluding hydrogens is 254 g/mol. The van der Waals surface area contributed by atoms with Gasteiger partial charge in [0, 0.05) is 11.5 Å². The molecule has 0 spiro atoms. The first-order valence-corrected chi connectivity index (χ1v) is 6.31. The molecule has 2 aromatic carbocycles. The Morgan fingerprint density at radius 1 is 1.10 bits per heavy atom. The van der Waals surface area contributed by atoms with Gasteiger partial charge in [-0.25, -0.2) is 0 Å². The minimum atomic E-state index is -1.04. The Kier molecular flexibility index (Phi) is 4.38. The van der Waals surface area contributed by atoms with Gasteiger partial charge in [0.25, 0.3) is 0 Å². The smallest absolute Gasteiger partial charge is 0.321 e. The van der Waals surface area contributed by atoms with Gasteiger partial charge in [-0.2, -0.15) is 0 Å². The Morgan fingerprint density at radius 2 is 1.70 bits per heavy atom. The molecule has 3 N–H and O–H groups in total. The number of rotatable bonds is 5. The number of aliphatic carboxylic acids is 1. The van der Waals surface area contributed by atoms with Crippen LogP contribution in [0.15, 0.2) is 54.6 Å². The first kappa shape index (κ1) is 14.1. The van der Waals surface area contributed by atoms with Crippen LogP contribution >= 0.6 is 0 Å². The molecule has 20 heavy (non-hydrogen) atoms. The van der Waals surface area contributed by atoms with E-state index in [0.29, 0.717) is 5.75 Å². The molecule has 0 fully saturated rings. The highest BCUT2D eigenvalue weighted by molar-refractivity contribution is 5.76. The summed E-state index contributed by atoms with van der Waals surface area (Å²) in [6.45, 7) is 0. The standard InChI is InChI=1S/C16H17NO3/c1-20-13-10-6-5-9-12(13)14(15(17)16(18)19)11-7-3-2-4-8-11/h2-10,14-15H,17H2,1H3,(H,18,19)/t14?,15-/m1/s1. The Hall–Kier alpha value is -2.33. The van der Waals surface area contributed by atoms with Crippen molar-refractivity contribution in [3.05, 3.63) is 65.7 Å². The number of carbonyl (C=O) groups is 1. The van der Waals surface area contributed by atoms with E-state index in [4.69, 9.17) is 10.5 Å². The van der Waals surface area contributed by atoms with E-state index >= 15 is 0 Å². The van der Waals surface area contributed by atoms with Crippen molar-refractivity contribution >= 4 is 5.97 Å². The second-order valence-electron chi connectivity index (χ2n) is 4.49. The summed E-state index contributed by atoms with van der Waals surface area (Å²) in [7, 11) is 1.56. The largest absolute Gasteiger partial charge is 0.496 e. The van der Waals surface area contributed by atoms with Gasteiger partial charge in [0.1, 0.15) is 11.8 Å². The number of hydrogen-bond donors (Lipinski definition) is 2. The lowest BCUT2D eigenvalue weighted by atomic mass is 9.85. The van der Waals surface area contributed by atoms with E-state index in [9.17, 15) is 9.90 Å². The number of carboxylic acid groups (broad SMARTS) is 1. The summed E-state index contributed by atoms with van der Waals surface area (Å²) in [6.07, 6.45) is 0. The number of para-hydroxylation sites is 1. The van der Waals surface area contributed by atoms with Gasteiger partial charge in [0.15, 0.2) is 0 Å². The van der Waals surface area contributed by atoms with Gasteiger partial charge in [-0.3, -0.25) is 4.79 Å². The summed E-state index contributed by atoms with van der Waals surface area (Å²) in [4.78, 5) is 11.3. The van der Waals surface area contributed by atoms with Crippen molar-refractivity contribution in [2.24, 2.45) is 5.73 Å². The topological polar surface area (TPSA) is 72.5 Å². The molecule has 0 aliphatic rings. The van der Waals surface area contributed by atoms with Gasteiger partial charge in [-0.15, -0.1) is 0 Å². The molecule has 2 atom stereocenters. The number of benzene rings is 2. The van der Waals surface area contributed by atoms with E-state index in [2.05, 4.69) is 0 Å². The highest BCUT2D eigenvalue weighted by atomic mass is 16.5. The maximum atomic E-state index is 11.3. The maximum absolute atomic E-state index is 11.3.